The second-order valence-electron chi connectivity index (χ2n) is 4.79. The molecule has 0 bridgehead atoms. The molecule has 116 valence electrons. The molecular formula is C15H15ClN2O3S. The maximum Gasteiger partial charge on any atom is 0.334 e. The number of nitrogens with zero attached hydrogens (tertiary/aromatic N) is 1. The van der Waals surface area contributed by atoms with Crippen LogP contribution >= 0.6 is 22.9 Å². The Kier molecular flexibility index (Phi) is 4.83. The van der Waals surface area contributed by atoms with Crippen LogP contribution in [-0.2, 0) is 10.3 Å². The quantitative estimate of drug-likeness (QED) is 0.877. The number of benzene rings is 1. The average Bonchev–Trinajstić information content (AvgIpc) is 2.91. The molecule has 0 aliphatic rings. The van der Waals surface area contributed by atoms with E-state index in [1.54, 1.807) is 43.6 Å². The van der Waals surface area contributed by atoms with Crippen LogP contribution in [0.15, 0.2) is 29.8 Å². The number of rotatable bonds is 5. The van der Waals surface area contributed by atoms with Crippen LogP contribution in [0, 0.1) is 6.92 Å². The molecule has 0 saturated carbocycles. The highest BCUT2D eigenvalue weighted by molar-refractivity contribution is 7.11. The van der Waals surface area contributed by atoms with Gasteiger partial charge < -0.3 is 10.4 Å². The van der Waals surface area contributed by atoms with Crippen LogP contribution < -0.4 is 5.32 Å². The monoisotopic (exact) mass is 338 g/mol. The van der Waals surface area contributed by atoms with Crippen molar-refractivity contribution in [3.05, 3.63) is 50.9 Å². The predicted molar refractivity (Wildman–Crippen MR) is 85.4 cm³/mol. The number of aromatic nitrogens is 1. The number of thiazole rings is 1. The van der Waals surface area contributed by atoms with Crippen LogP contribution in [0.5, 0.6) is 0 Å². The van der Waals surface area contributed by atoms with Gasteiger partial charge in [0.15, 0.2) is 5.54 Å². The smallest absolute Gasteiger partial charge is 0.334 e. The summed E-state index contributed by atoms with van der Waals surface area (Å²) in [5.41, 5.74) is 1.11. The number of carbonyl (C=O) groups excluding carboxylic acids is 1. The number of aryl methyl sites for hydroxylation is 1. The molecule has 7 heteroatoms. The number of amides is 1. The van der Waals surface area contributed by atoms with Gasteiger partial charge in [-0.2, -0.15) is 0 Å². The van der Waals surface area contributed by atoms with Crippen molar-refractivity contribution < 1.29 is 14.7 Å². The summed E-state index contributed by atoms with van der Waals surface area (Å²) < 4.78 is 0. The minimum atomic E-state index is -1.50. The lowest BCUT2D eigenvalue weighted by atomic mass is 9.87. The molecule has 0 saturated heterocycles. The standard InChI is InChI=1S/C15H15ClN2O3S/c1-3-15(14(20)21,10-4-6-11(16)7-5-10)18-13(19)12-9(2)17-8-22-12/h4-8H,3H2,1-2H3,(H,18,19)(H,20,21). The molecule has 0 aliphatic carbocycles. The number of aliphatic carboxylic acids is 1. The minimum Gasteiger partial charge on any atom is -0.479 e. The van der Waals surface area contributed by atoms with E-state index >= 15 is 0 Å². The zero-order valence-corrected chi connectivity index (χ0v) is 13.7. The van der Waals surface area contributed by atoms with Gasteiger partial charge in [0.2, 0.25) is 0 Å². The Bertz CT molecular complexity index is 699. The summed E-state index contributed by atoms with van der Waals surface area (Å²) >= 11 is 7.03. The number of hydrogen-bond acceptors (Lipinski definition) is 4. The van der Waals surface area contributed by atoms with Crippen molar-refractivity contribution in [2.75, 3.05) is 0 Å². The van der Waals surface area contributed by atoms with Gasteiger partial charge in [-0.15, -0.1) is 11.3 Å². The highest BCUT2D eigenvalue weighted by Gasteiger charge is 2.40. The van der Waals surface area contributed by atoms with Crippen molar-refractivity contribution in [1.29, 1.82) is 0 Å². The number of carboxylic acid groups (broad SMARTS) is 1. The summed E-state index contributed by atoms with van der Waals surface area (Å²) in [7, 11) is 0. The summed E-state index contributed by atoms with van der Waals surface area (Å²) in [6.07, 6.45) is 0.202. The molecule has 1 amide bonds. The van der Waals surface area contributed by atoms with Crippen LogP contribution in [0.3, 0.4) is 0 Å². The van der Waals surface area contributed by atoms with Gasteiger partial charge in [0.25, 0.3) is 5.91 Å². The summed E-state index contributed by atoms with van der Waals surface area (Å²) in [5, 5.41) is 12.9. The Balaban J connectivity index is 2.42. The molecular weight excluding hydrogens is 324 g/mol. The first-order valence-corrected chi connectivity index (χ1v) is 7.88. The van der Waals surface area contributed by atoms with Crippen LogP contribution in [0.25, 0.3) is 0 Å². The molecule has 2 aromatic rings. The van der Waals surface area contributed by atoms with Crippen molar-refractivity contribution in [3.63, 3.8) is 0 Å². The third kappa shape index (κ3) is 2.98. The first-order chi connectivity index (χ1) is 10.4. The van der Waals surface area contributed by atoms with Crippen molar-refractivity contribution in [2.45, 2.75) is 25.8 Å². The van der Waals surface area contributed by atoms with E-state index in [9.17, 15) is 14.7 Å². The second-order valence-corrected chi connectivity index (χ2v) is 6.08. The fraction of sp³-hybridized carbons (Fsp3) is 0.267. The number of halogens is 1. The molecule has 0 spiro atoms. The lowest BCUT2D eigenvalue weighted by Gasteiger charge is -2.30. The predicted octanol–water partition coefficient (Wildman–Crippen LogP) is 3.22. The van der Waals surface area contributed by atoms with Crippen LogP contribution in [0.4, 0.5) is 0 Å². The molecule has 5 nitrogen and oxygen atoms in total. The van der Waals surface area contributed by atoms with Gasteiger partial charge in [-0.3, -0.25) is 4.79 Å². The second kappa shape index (κ2) is 6.46. The Morgan fingerprint density at radius 1 is 1.36 bits per heavy atom. The average molecular weight is 339 g/mol. The van der Waals surface area contributed by atoms with Crippen molar-refractivity contribution in [3.8, 4) is 0 Å². The number of carbonyl (C=O) groups is 2. The molecule has 1 aromatic carbocycles. The molecule has 0 aliphatic heterocycles. The van der Waals surface area contributed by atoms with E-state index in [1.165, 1.54) is 11.3 Å². The van der Waals surface area contributed by atoms with Crippen molar-refractivity contribution in [2.24, 2.45) is 0 Å². The summed E-state index contributed by atoms with van der Waals surface area (Å²) in [4.78, 5) is 28.7. The van der Waals surface area contributed by atoms with Crippen LogP contribution in [0.2, 0.25) is 5.02 Å². The Morgan fingerprint density at radius 3 is 2.45 bits per heavy atom. The van der Waals surface area contributed by atoms with E-state index in [0.717, 1.165) is 0 Å². The molecule has 1 atom stereocenters. The topological polar surface area (TPSA) is 79.3 Å². The van der Waals surface area contributed by atoms with Gasteiger partial charge in [-0.05, 0) is 31.0 Å². The maximum atomic E-state index is 12.4. The molecule has 2 N–H and O–H groups in total. The SMILES string of the molecule is CCC(NC(=O)c1scnc1C)(C(=O)O)c1ccc(Cl)cc1. The number of carboxylic acids is 1. The Hall–Kier alpha value is -1.92. The molecule has 22 heavy (non-hydrogen) atoms. The van der Waals surface area contributed by atoms with E-state index in [-0.39, 0.29) is 6.42 Å². The Labute approximate surface area is 137 Å². The third-order valence-corrected chi connectivity index (χ3v) is 4.69. The highest BCUT2D eigenvalue weighted by Crippen LogP contribution is 2.28. The molecule has 0 radical (unpaired) electrons. The fourth-order valence-electron chi connectivity index (χ4n) is 2.20. The first kappa shape index (κ1) is 16.5. The lowest BCUT2D eigenvalue weighted by Crippen LogP contribution is -2.51. The van der Waals surface area contributed by atoms with Gasteiger partial charge >= 0.3 is 5.97 Å². The van der Waals surface area contributed by atoms with Gasteiger partial charge in [-0.1, -0.05) is 30.7 Å². The fourth-order valence-corrected chi connectivity index (χ4v) is 3.02. The third-order valence-electron chi connectivity index (χ3n) is 3.51. The lowest BCUT2D eigenvalue weighted by molar-refractivity contribution is -0.145. The molecule has 1 heterocycles. The van der Waals surface area contributed by atoms with Gasteiger partial charge in [0.1, 0.15) is 4.88 Å². The maximum absolute atomic E-state index is 12.4. The number of hydrogen-bond donors (Lipinski definition) is 2. The molecule has 0 fully saturated rings. The van der Waals surface area contributed by atoms with Crippen molar-refractivity contribution in [1.82, 2.24) is 10.3 Å². The number of nitrogens with one attached hydrogen (secondary N) is 1. The first-order valence-electron chi connectivity index (χ1n) is 6.62. The van der Waals surface area contributed by atoms with E-state index < -0.39 is 17.4 Å². The summed E-state index contributed by atoms with van der Waals surface area (Å²) in [5.74, 6) is -1.56. The summed E-state index contributed by atoms with van der Waals surface area (Å²) in [6.45, 7) is 3.42. The van der Waals surface area contributed by atoms with Crippen LogP contribution in [-0.4, -0.2) is 22.0 Å². The van der Waals surface area contributed by atoms with E-state index in [1.807, 2.05) is 0 Å². The van der Waals surface area contributed by atoms with Gasteiger partial charge in [0, 0.05) is 5.02 Å². The van der Waals surface area contributed by atoms with E-state index in [4.69, 9.17) is 11.6 Å². The molecule has 1 unspecified atom stereocenters. The Morgan fingerprint density at radius 2 is 2.00 bits per heavy atom. The zero-order chi connectivity index (χ0) is 16.3. The highest BCUT2D eigenvalue weighted by atomic mass is 35.5. The van der Waals surface area contributed by atoms with Gasteiger partial charge in [0.05, 0.1) is 11.2 Å². The largest absolute Gasteiger partial charge is 0.479 e. The van der Waals surface area contributed by atoms with Gasteiger partial charge in [-0.25, -0.2) is 9.78 Å². The zero-order valence-electron chi connectivity index (χ0n) is 12.1. The summed E-state index contributed by atoms with van der Waals surface area (Å²) in [6, 6.07) is 6.43. The molecule has 1 aromatic heterocycles. The van der Waals surface area contributed by atoms with E-state index in [0.29, 0.717) is 21.2 Å². The minimum absolute atomic E-state index is 0.202. The van der Waals surface area contributed by atoms with E-state index in [2.05, 4.69) is 10.3 Å². The molecule has 2 rings (SSSR count). The normalized spacial score (nSPS) is 13.4. The van der Waals surface area contributed by atoms with Crippen LogP contribution in [0.1, 0.15) is 34.3 Å². The van der Waals surface area contributed by atoms with Crippen molar-refractivity contribution >= 4 is 34.8 Å².